The van der Waals surface area contributed by atoms with Gasteiger partial charge in [0.1, 0.15) is 5.82 Å². The highest BCUT2D eigenvalue weighted by Gasteiger charge is 2.24. The zero-order valence-electron chi connectivity index (χ0n) is 15.7. The molecule has 1 N–H and O–H groups in total. The van der Waals surface area contributed by atoms with Crippen molar-refractivity contribution < 1.29 is 13.2 Å². The molecule has 146 valence electrons. The molecule has 0 fully saturated rings. The fraction of sp³-hybridized carbons (Fsp3) is 0.333. The first-order chi connectivity index (χ1) is 12.7. The van der Waals surface area contributed by atoms with Crippen LogP contribution in [0.25, 0.3) is 0 Å². The third kappa shape index (κ3) is 4.77. The molecule has 9 heteroatoms. The Balaban J connectivity index is 2.31. The van der Waals surface area contributed by atoms with E-state index in [-0.39, 0.29) is 15.5 Å². The van der Waals surface area contributed by atoms with E-state index in [2.05, 4.69) is 10.3 Å². The van der Waals surface area contributed by atoms with E-state index in [4.69, 9.17) is 11.6 Å². The van der Waals surface area contributed by atoms with Crippen LogP contribution in [0.2, 0.25) is 5.02 Å². The van der Waals surface area contributed by atoms with Crippen molar-refractivity contribution in [3.05, 3.63) is 47.1 Å². The summed E-state index contributed by atoms with van der Waals surface area (Å²) in [6.45, 7) is 4.20. The first-order valence-electron chi connectivity index (χ1n) is 8.45. The van der Waals surface area contributed by atoms with Crippen molar-refractivity contribution in [1.82, 2.24) is 9.29 Å². The van der Waals surface area contributed by atoms with Gasteiger partial charge in [0.05, 0.1) is 27.4 Å². The number of nitrogens with one attached hydrogen (secondary N) is 1. The summed E-state index contributed by atoms with van der Waals surface area (Å²) in [4.78, 5) is 18.7. The van der Waals surface area contributed by atoms with Gasteiger partial charge in [0.15, 0.2) is 0 Å². The second kappa shape index (κ2) is 8.69. The van der Waals surface area contributed by atoms with Gasteiger partial charge in [0, 0.05) is 27.2 Å². The number of hydrogen-bond donors (Lipinski definition) is 1. The maximum absolute atomic E-state index is 12.7. The van der Waals surface area contributed by atoms with Crippen molar-refractivity contribution in [1.29, 1.82) is 0 Å². The van der Waals surface area contributed by atoms with Crippen LogP contribution in [0, 0.1) is 0 Å². The molecule has 0 unspecified atom stereocenters. The first kappa shape index (κ1) is 21.1. The van der Waals surface area contributed by atoms with Gasteiger partial charge in [-0.1, -0.05) is 25.4 Å². The molecule has 0 bridgehead atoms. The smallest absolute Gasteiger partial charge is 0.257 e. The Labute approximate surface area is 165 Å². The van der Waals surface area contributed by atoms with Crippen LogP contribution in [0.1, 0.15) is 24.2 Å². The summed E-state index contributed by atoms with van der Waals surface area (Å²) in [5.74, 6) is 0.245. The van der Waals surface area contributed by atoms with Crippen molar-refractivity contribution in [2.45, 2.75) is 18.7 Å². The van der Waals surface area contributed by atoms with Crippen LogP contribution in [-0.2, 0) is 10.0 Å². The summed E-state index contributed by atoms with van der Waals surface area (Å²) in [5.41, 5.74) is 0.570. The fourth-order valence-corrected chi connectivity index (χ4v) is 4.16. The number of pyridine rings is 1. The Morgan fingerprint density at radius 3 is 2.33 bits per heavy atom. The summed E-state index contributed by atoms with van der Waals surface area (Å²) in [6, 6.07) is 7.59. The van der Waals surface area contributed by atoms with E-state index >= 15 is 0 Å². The highest BCUT2D eigenvalue weighted by atomic mass is 35.5. The van der Waals surface area contributed by atoms with E-state index in [0.717, 1.165) is 5.82 Å². The van der Waals surface area contributed by atoms with Gasteiger partial charge in [-0.15, -0.1) is 0 Å². The fourth-order valence-electron chi connectivity index (χ4n) is 2.47. The molecule has 0 aliphatic rings. The van der Waals surface area contributed by atoms with E-state index < -0.39 is 15.9 Å². The van der Waals surface area contributed by atoms with Crippen LogP contribution < -0.4 is 10.2 Å². The molecule has 0 saturated carbocycles. The van der Waals surface area contributed by atoms with Crippen molar-refractivity contribution in [3.8, 4) is 0 Å². The molecule has 0 radical (unpaired) electrons. The molecule has 0 aliphatic heterocycles. The number of halogens is 1. The molecule has 0 spiro atoms. The van der Waals surface area contributed by atoms with E-state index in [1.807, 2.05) is 19.0 Å². The Morgan fingerprint density at radius 2 is 1.81 bits per heavy atom. The minimum Gasteiger partial charge on any atom is -0.363 e. The zero-order chi connectivity index (χ0) is 20.2. The van der Waals surface area contributed by atoms with Crippen LogP contribution in [0.15, 0.2) is 41.4 Å². The summed E-state index contributed by atoms with van der Waals surface area (Å²) in [7, 11) is 0.0414. The second-order valence-electron chi connectivity index (χ2n) is 5.98. The summed E-state index contributed by atoms with van der Waals surface area (Å²) < 4.78 is 26.7. The lowest BCUT2D eigenvalue weighted by Crippen LogP contribution is -2.30. The number of nitrogens with zero attached hydrogens (tertiary/aromatic N) is 3. The summed E-state index contributed by atoms with van der Waals surface area (Å²) in [6.07, 6.45) is 1.53. The predicted octanol–water partition coefficient (Wildman–Crippen LogP) is 3.08. The van der Waals surface area contributed by atoms with Crippen LogP contribution in [0.3, 0.4) is 0 Å². The van der Waals surface area contributed by atoms with E-state index in [0.29, 0.717) is 18.8 Å². The van der Waals surface area contributed by atoms with Gasteiger partial charge in [-0.05, 0) is 30.3 Å². The topological polar surface area (TPSA) is 82.6 Å². The summed E-state index contributed by atoms with van der Waals surface area (Å²) >= 11 is 6.13. The number of sulfonamides is 1. The first-order valence-corrected chi connectivity index (χ1v) is 10.3. The molecule has 0 atom stereocenters. The minimum atomic E-state index is -3.69. The second-order valence-corrected chi connectivity index (χ2v) is 8.33. The van der Waals surface area contributed by atoms with E-state index in [1.54, 1.807) is 26.0 Å². The Kier molecular flexibility index (Phi) is 6.80. The van der Waals surface area contributed by atoms with Crippen LogP contribution in [0.5, 0.6) is 0 Å². The number of carbonyl (C=O) groups excluding carboxylic acids is 1. The normalized spacial score (nSPS) is 11.5. The molecule has 2 aromatic rings. The maximum Gasteiger partial charge on any atom is 0.257 e. The van der Waals surface area contributed by atoms with Gasteiger partial charge < -0.3 is 10.2 Å². The van der Waals surface area contributed by atoms with Crippen LogP contribution >= 0.6 is 11.6 Å². The molecule has 27 heavy (non-hydrogen) atoms. The highest BCUT2D eigenvalue weighted by Crippen LogP contribution is 2.24. The third-order valence-corrected chi connectivity index (χ3v) is 6.37. The average Bonchev–Trinajstić information content (AvgIpc) is 2.63. The average molecular weight is 411 g/mol. The standard InChI is InChI=1S/C18H23ClN4O3S/c1-5-23(6-2)27(25,26)14-8-9-16(19)15(11-14)18(24)21-13-7-10-17(20-12-13)22(3)4/h7-12H,5-6H2,1-4H3,(H,21,24). The molecule has 1 aromatic heterocycles. The lowest BCUT2D eigenvalue weighted by atomic mass is 10.2. The molecule has 0 aliphatic carbocycles. The molecular formula is C18H23ClN4O3S. The molecule has 1 amide bonds. The third-order valence-electron chi connectivity index (χ3n) is 3.99. The number of carbonyl (C=O) groups is 1. The predicted molar refractivity (Wildman–Crippen MR) is 108 cm³/mol. The van der Waals surface area contributed by atoms with Crippen molar-refractivity contribution in [3.63, 3.8) is 0 Å². The number of benzene rings is 1. The van der Waals surface area contributed by atoms with Crippen molar-refractivity contribution in [2.75, 3.05) is 37.4 Å². The number of aromatic nitrogens is 1. The lowest BCUT2D eigenvalue weighted by molar-refractivity contribution is 0.102. The quantitative estimate of drug-likeness (QED) is 0.758. The molecular weight excluding hydrogens is 388 g/mol. The van der Waals surface area contributed by atoms with Gasteiger partial charge >= 0.3 is 0 Å². The van der Waals surface area contributed by atoms with Crippen LogP contribution in [0.4, 0.5) is 11.5 Å². The number of anilines is 2. The highest BCUT2D eigenvalue weighted by molar-refractivity contribution is 7.89. The van der Waals surface area contributed by atoms with E-state index in [9.17, 15) is 13.2 Å². The monoisotopic (exact) mass is 410 g/mol. The molecule has 0 saturated heterocycles. The molecule has 2 rings (SSSR count). The lowest BCUT2D eigenvalue weighted by Gasteiger charge is -2.19. The van der Waals surface area contributed by atoms with Crippen molar-refractivity contribution >= 4 is 39.0 Å². The Hall–Kier alpha value is -2.16. The van der Waals surface area contributed by atoms with Gasteiger partial charge in [-0.2, -0.15) is 4.31 Å². The molecule has 1 heterocycles. The van der Waals surface area contributed by atoms with Gasteiger partial charge in [0.2, 0.25) is 10.0 Å². The van der Waals surface area contributed by atoms with Crippen molar-refractivity contribution in [2.24, 2.45) is 0 Å². The largest absolute Gasteiger partial charge is 0.363 e. The number of hydrogen-bond acceptors (Lipinski definition) is 5. The molecule has 7 nitrogen and oxygen atoms in total. The SMILES string of the molecule is CCN(CC)S(=O)(=O)c1ccc(Cl)c(C(=O)Nc2ccc(N(C)C)nc2)c1. The van der Waals surface area contributed by atoms with Crippen LogP contribution in [-0.4, -0.2) is 50.8 Å². The van der Waals surface area contributed by atoms with Gasteiger partial charge in [-0.3, -0.25) is 4.79 Å². The molecule has 1 aromatic carbocycles. The maximum atomic E-state index is 12.7. The minimum absolute atomic E-state index is 0.0295. The zero-order valence-corrected chi connectivity index (χ0v) is 17.3. The van der Waals surface area contributed by atoms with Gasteiger partial charge in [-0.25, -0.2) is 13.4 Å². The summed E-state index contributed by atoms with van der Waals surface area (Å²) in [5, 5.41) is 2.86. The van der Waals surface area contributed by atoms with E-state index in [1.165, 1.54) is 28.7 Å². The number of amides is 1. The Bertz CT molecular complexity index is 911. The number of rotatable bonds is 7. The van der Waals surface area contributed by atoms with Gasteiger partial charge in [0.25, 0.3) is 5.91 Å². The Morgan fingerprint density at radius 1 is 1.15 bits per heavy atom.